The SMILES string of the molecule is N#Cc1cc2c(nc1NCCc1nccs1)CCC2. The molecule has 0 aliphatic heterocycles. The van der Waals surface area contributed by atoms with Crippen molar-refractivity contribution in [2.75, 3.05) is 11.9 Å². The number of rotatable bonds is 4. The minimum Gasteiger partial charge on any atom is -0.369 e. The maximum atomic E-state index is 9.19. The summed E-state index contributed by atoms with van der Waals surface area (Å²) in [6.45, 7) is 0.758. The number of aryl methyl sites for hydroxylation is 2. The minimum absolute atomic E-state index is 0.653. The number of hydrogen-bond donors (Lipinski definition) is 1. The predicted molar refractivity (Wildman–Crippen MR) is 75.3 cm³/mol. The Bertz CT molecular complexity index is 613. The summed E-state index contributed by atoms with van der Waals surface area (Å²) in [6.07, 6.45) is 5.91. The van der Waals surface area contributed by atoms with Gasteiger partial charge in [0.25, 0.3) is 0 Å². The molecule has 2 aromatic heterocycles. The summed E-state index contributed by atoms with van der Waals surface area (Å²) in [5.41, 5.74) is 3.04. The van der Waals surface area contributed by atoms with Crippen LogP contribution in [0.15, 0.2) is 17.6 Å². The molecule has 0 fully saturated rings. The van der Waals surface area contributed by atoms with E-state index in [0.717, 1.165) is 48.7 Å². The van der Waals surface area contributed by atoms with E-state index in [4.69, 9.17) is 0 Å². The van der Waals surface area contributed by atoms with Gasteiger partial charge in [-0.3, -0.25) is 0 Å². The molecule has 0 bridgehead atoms. The zero-order valence-corrected chi connectivity index (χ0v) is 11.3. The molecular weight excluding hydrogens is 256 g/mol. The zero-order chi connectivity index (χ0) is 13.1. The van der Waals surface area contributed by atoms with Crippen molar-refractivity contribution in [3.8, 4) is 6.07 Å². The lowest BCUT2D eigenvalue weighted by atomic mass is 10.1. The maximum absolute atomic E-state index is 9.19. The van der Waals surface area contributed by atoms with Gasteiger partial charge >= 0.3 is 0 Å². The summed E-state index contributed by atoms with van der Waals surface area (Å²) in [6, 6.07) is 4.22. The lowest BCUT2D eigenvalue weighted by Crippen LogP contribution is -2.09. The van der Waals surface area contributed by atoms with Crippen molar-refractivity contribution in [2.24, 2.45) is 0 Å². The molecule has 0 spiro atoms. The molecule has 3 rings (SSSR count). The first-order valence-corrected chi connectivity index (χ1v) is 7.30. The fraction of sp³-hybridized carbons (Fsp3) is 0.357. The molecule has 0 amide bonds. The van der Waals surface area contributed by atoms with Crippen molar-refractivity contribution in [1.29, 1.82) is 5.26 Å². The van der Waals surface area contributed by atoms with E-state index in [-0.39, 0.29) is 0 Å². The Morgan fingerprint density at radius 2 is 2.37 bits per heavy atom. The topological polar surface area (TPSA) is 61.6 Å². The van der Waals surface area contributed by atoms with Crippen molar-refractivity contribution in [3.05, 3.63) is 39.5 Å². The second-order valence-corrected chi connectivity index (χ2v) is 5.54. The van der Waals surface area contributed by atoms with Gasteiger partial charge in [-0.2, -0.15) is 5.26 Å². The van der Waals surface area contributed by atoms with Crippen molar-refractivity contribution in [2.45, 2.75) is 25.7 Å². The molecule has 96 valence electrons. The van der Waals surface area contributed by atoms with Crippen LogP contribution in [0, 0.1) is 11.3 Å². The second kappa shape index (κ2) is 5.37. The van der Waals surface area contributed by atoms with Crippen LogP contribution in [0.3, 0.4) is 0 Å². The van der Waals surface area contributed by atoms with E-state index < -0.39 is 0 Å². The minimum atomic E-state index is 0.653. The Labute approximate surface area is 116 Å². The molecule has 0 saturated heterocycles. The first kappa shape index (κ1) is 12.1. The smallest absolute Gasteiger partial charge is 0.144 e. The lowest BCUT2D eigenvalue weighted by Gasteiger charge is -2.08. The molecule has 2 heterocycles. The van der Waals surface area contributed by atoms with Gasteiger partial charge in [0.1, 0.15) is 11.9 Å². The van der Waals surface area contributed by atoms with Crippen LogP contribution in [0.5, 0.6) is 0 Å². The highest BCUT2D eigenvalue weighted by molar-refractivity contribution is 7.09. The number of nitriles is 1. The normalized spacial score (nSPS) is 13.0. The molecule has 2 aromatic rings. The van der Waals surface area contributed by atoms with Crippen LogP contribution in [0.1, 0.15) is 28.2 Å². The van der Waals surface area contributed by atoms with E-state index in [1.807, 2.05) is 17.6 Å². The molecule has 0 radical (unpaired) electrons. The number of aromatic nitrogens is 2. The number of fused-ring (bicyclic) bond motifs is 1. The van der Waals surface area contributed by atoms with Crippen LogP contribution in [0.2, 0.25) is 0 Å². The fourth-order valence-corrected chi connectivity index (χ4v) is 2.98. The standard InChI is InChI=1S/C14H14N4S/c15-9-11-8-10-2-1-3-12(10)18-14(11)17-5-4-13-16-6-7-19-13/h6-8H,1-5H2,(H,17,18). The Balaban J connectivity index is 1.72. The van der Waals surface area contributed by atoms with Crippen molar-refractivity contribution < 1.29 is 0 Å². The molecule has 1 aliphatic rings. The number of hydrogen-bond acceptors (Lipinski definition) is 5. The summed E-state index contributed by atoms with van der Waals surface area (Å²) < 4.78 is 0. The molecule has 0 aromatic carbocycles. The Morgan fingerprint density at radius 1 is 1.42 bits per heavy atom. The second-order valence-electron chi connectivity index (χ2n) is 4.56. The molecule has 1 aliphatic carbocycles. The lowest BCUT2D eigenvalue weighted by molar-refractivity contribution is 0.898. The van der Waals surface area contributed by atoms with E-state index in [9.17, 15) is 5.26 Å². The molecule has 5 heteroatoms. The van der Waals surface area contributed by atoms with Crippen LogP contribution in [0.25, 0.3) is 0 Å². The van der Waals surface area contributed by atoms with Crippen LogP contribution < -0.4 is 5.32 Å². The summed E-state index contributed by atoms with van der Waals surface area (Å²) in [7, 11) is 0. The highest BCUT2D eigenvalue weighted by Crippen LogP contribution is 2.24. The van der Waals surface area contributed by atoms with Crippen molar-refractivity contribution in [3.63, 3.8) is 0 Å². The third-order valence-electron chi connectivity index (χ3n) is 3.29. The van der Waals surface area contributed by atoms with Gasteiger partial charge in [0.05, 0.1) is 10.6 Å². The summed E-state index contributed by atoms with van der Waals surface area (Å²) in [5, 5.41) is 15.5. The molecule has 0 atom stereocenters. The Hall–Kier alpha value is -1.93. The van der Waals surface area contributed by atoms with Gasteiger partial charge in [-0.05, 0) is 30.9 Å². The third kappa shape index (κ3) is 2.59. The van der Waals surface area contributed by atoms with Crippen LogP contribution in [-0.4, -0.2) is 16.5 Å². The van der Waals surface area contributed by atoms with E-state index in [1.165, 1.54) is 5.56 Å². The average Bonchev–Trinajstić information content (AvgIpc) is 3.08. The highest BCUT2D eigenvalue weighted by Gasteiger charge is 2.16. The van der Waals surface area contributed by atoms with Gasteiger partial charge in [0.2, 0.25) is 0 Å². The highest BCUT2D eigenvalue weighted by atomic mass is 32.1. The summed E-state index contributed by atoms with van der Waals surface area (Å²) in [5.74, 6) is 0.722. The number of anilines is 1. The van der Waals surface area contributed by atoms with E-state index >= 15 is 0 Å². The molecule has 19 heavy (non-hydrogen) atoms. The summed E-state index contributed by atoms with van der Waals surface area (Å²) >= 11 is 1.65. The molecule has 1 N–H and O–H groups in total. The summed E-state index contributed by atoms with van der Waals surface area (Å²) in [4.78, 5) is 8.83. The van der Waals surface area contributed by atoms with Crippen LogP contribution in [-0.2, 0) is 19.3 Å². The van der Waals surface area contributed by atoms with Gasteiger partial charge in [-0.1, -0.05) is 0 Å². The third-order valence-corrected chi connectivity index (χ3v) is 4.13. The van der Waals surface area contributed by atoms with Gasteiger partial charge in [-0.25, -0.2) is 9.97 Å². The molecule has 4 nitrogen and oxygen atoms in total. The first-order valence-electron chi connectivity index (χ1n) is 6.42. The van der Waals surface area contributed by atoms with E-state index in [2.05, 4.69) is 21.4 Å². The predicted octanol–water partition coefficient (Wildman–Crippen LogP) is 2.55. The average molecular weight is 270 g/mol. The van der Waals surface area contributed by atoms with E-state index in [1.54, 1.807) is 11.3 Å². The largest absolute Gasteiger partial charge is 0.369 e. The van der Waals surface area contributed by atoms with Crippen molar-refractivity contribution >= 4 is 17.2 Å². The first-order chi connectivity index (χ1) is 9.36. The number of nitrogens with zero attached hydrogens (tertiary/aromatic N) is 3. The maximum Gasteiger partial charge on any atom is 0.144 e. The number of thiazole rings is 1. The van der Waals surface area contributed by atoms with Gasteiger partial charge in [0.15, 0.2) is 0 Å². The number of nitrogens with one attached hydrogen (secondary N) is 1. The van der Waals surface area contributed by atoms with Gasteiger partial charge in [0, 0.05) is 30.2 Å². The Morgan fingerprint density at radius 3 is 3.16 bits per heavy atom. The van der Waals surface area contributed by atoms with Gasteiger partial charge < -0.3 is 5.32 Å². The molecule has 0 unspecified atom stereocenters. The fourth-order valence-electron chi connectivity index (χ4n) is 2.36. The van der Waals surface area contributed by atoms with Crippen molar-refractivity contribution in [1.82, 2.24) is 9.97 Å². The van der Waals surface area contributed by atoms with E-state index in [0.29, 0.717) is 5.56 Å². The van der Waals surface area contributed by atoms with Crippen LogP contribution in [0.4, 0.5) is 5.82 Å². The van der Waals surface area contributed by atoms with Gasteiger partial charge in [-0.15, -0.1) is 11.3 Å². The quantitative estimate of drug-likeness (QED) is 0.927. The monoisotopic (exact) mass is 270 g/mol. The number of pyridine rings is 1. The van der Waals surface area contributed by atoms with Crippen LogP contribution >= 0.6 is 11.3 Å². The zero-order valence-electron chi connectivity index (χ0n) is 10.5. The molecular formula is C14H14N4S. The molecule has 0 saturated carbocycles. The Kier molecular flexibility index (Phi) is 3.43.